The Kier molecular flexibility index (Phi) is 6.51. The molecular weight excluding hydrogens is 248 g/mol. The molecule has 2 atom stereocenters. The molecule has 3 heteroatoms. The third kappa shape index (κ3) is 4.05. The van der Waals surface area contributed by atoms with Gasteiger partial charge in [0.15, 0.2) is 0 Å². The number of hydrogen-bond donors (Lipinski definition) is 1. The second-order valence-corrected chi connectivity index (χ2v) is 5.42. The Morgan fingerprint density at radius 1 is 1.15 bits per heavy atom. The number of benzene rings is 1. The highest BCUT2D eigenvalue weighted by Crippen LogP contribution is 2.24. The average Bonchev–Trinajstić information content (AvgIpc) is 2.77. The van der Waals surface area contributed by atoms with E-state index in [2.05, 4.69) is 54.4 Å². The van der Waals surface area contributed by atoms with E-state index in [-0.39, 0.29) is 0 Å². The summed E-state index contributed by atoms with van der Waals surface area (Å²) in [5.74, 6) is 0. The number of ether oxygens (including phenoxy) is 1. The quantitative estimate of drug-likeness (QED) is 0.864. The van der Waals surface area contributed by atoms with Crippen molar-refractivity contribution in [2.24, 2.45) is 0 Å². The number of nitrogens with one attached hydrogen (secondary N) is 1. The van der Waals surface area contributed by atoms with Crippen molar-refractivity contribution in [2.45, 2.75) is 38.8 Å². The molecule has 20 heavy (non-hydrogen) atoms. The minimum atomic E-state index is 0.407. The lowest BCUT2D eigenvalue weighted by Gasteiger charge is -2.36. The van der Waals surface area contributed by atoms with E-state index < -0.39 is 0 Å². The van der Waals surface area contributed by atoms with Gasteiger partial charge >= 0.3 is 0 Å². The first-order valence-corrected chi connectivity index (χ1v) is 7.97. The molecule has 0 radical (unpaired) electrons. The molecule has 0 amide bonds. The van der Waals surface area contributed by atoms with Gasteiger partial charge in [0.2, 0.25) is 0 Å². The van der Waals surface area contributed by atoms with Crippen molar-refractivity contribution in [3.05, 3.63) is 35.9 Å². The zero-order chi connectivity index (χ0) is 14.2. The van der Waals surface area contributed by atoms with Gasteiger partial charge in [-0.25, -0.2) is 0 Å². The van der Waals surface area contributed by atoms with Gasteiger partial charge in [-0.15, -0.1) is 0 Å². The summed E-state index contributed by atoms with van der Waals surface area (Å²) in [7, 11) is 0. The van der Waals surface area contributed by atoms with Crippen molar-refractivity contribution >= 4 is 0 Å². The summed E-state index contributed by atoms with van der Waals surface area (Å²) in [6, 6.07) is 11.8. The number of rotatable bonds is 6. The van der Waals surface area contributed by atoms with Gasteiger partial charge in [-0.05, 0) is 24.9 Å². The third-order valence-corrected chi connectivity index (χ3v) is 4.11. The molecule has 1 aliphatic rings. The van der Waals surface area contributed by atoms with E-state index >= 15 is 0 Å². The van der Waals surface area contributed by atoms with Crippen molar-refractivity contribution in [3.63, 3.8) is 0 Å². The Bertz CT molecular complexity index is 361. The fourth-order valence-electron chi connectivity index (χ4n) is 3.16. The van der Waals surface area contributed by atoms with Crippen LogP contribution in [0.2, 0.25) is 0 Å². The van der Waals surface area contributed by atoms with Gasteiger partial charge in [-0.3, -0.25) is 4.90 Å². The molecule has 0 aliphatic carbocycles. The van der Waals surface area contributed by atoms with Crippen LogP contribution in [-0.2, 0) is 4.74 Å². The van der Waals surface area contributed by atoms with E-state index in [9.17, 15) is 0 Å². The van der Waals surface area contributed by atoms with E-state index in [1.165, 1.54) is 5.56 Å². The topological polar surface area (TPSA) is 24.5 Å². The van der Waals surface area contributed by atoms with E-state index in [1.807, 2.05) is 0 Å². The number of likely N-dealkylation sites (N-methyl/N-ethyl adjacent to an activating group) is 1. The summed E-state index contributed by atoms with van der Waals surface area (Å²) in [4.78, 5) is 2.60. The minimum absolute atomic E-state index is 0.407. The van der Waals surface area contributed by atoms with E-state index in [0.29, 0.717) is 12.1 Å². The molecule has 1 heterocycles. The highest BCUT2D eigenvalue weighted by molar-refractivity contribution is 5.20. The maximum Gasteiger partial charge on any atom is 0.0593 e. The monoisotopic (exact) mass is 276 g/mol. The van der Waals surface area contributed by atoms with Crippen LogP contribution >= 0.6 is 0 Å². The molecule has 1 aromatic rings. The largest absolute Gasteiger partial charge is 0.380 e. The molecule has 3 nitrogen and oxygen atoms in total. The smallest absolute Gasteiger partial charge is 0.0593 e. The molecular formula is C17H28N2O. The van der Waals surface area contributed by atoms with Crippen LogP contribution in [0.3, 0.4) is 0 Å². The van der Waals surface area contributed by atoms with Crippen LogP contribution in [0.4, 0.5) is 0 Å². The fraction of sp³-hybridized carbons (Fsp3) is 0.647. The van der Waals surface area contributed by atoms with Gasteiger partial charge in [0.1, 0.15) is 0 Å². The second-order valence-electron chi connectivity index (χ2n) is 5.42. The van der Waals surface area contributed by atoms with Crippen LogP contribution in [0.25, 0.3) is 0 Å². The maximum absolute atomic E-state index is 5.60. The summed E-state index contributed by atoms with van der Waals surface area (Å²) in [5.41, 5.74) is 1.39. The highest BCUT2D eigenvalue weighted by Gasteiger charge is 2.27. The van der Waals surface area contributed by atoms with Gasteiger partial charge in [-0.2, -0.15) is 0 Å². The Labute approximate surface area is 123 Å². The molecule has 1 aromatic carbocycles. The van der Waals surface area contributed by atoms with Crippen molar-refractivity contribution in [2.75, 3.05) is 32.8 Å². The first-order chi connectivity index (χ1) is 9.86. The van der Waals surface area contributed by atoms with Gasteiger partial charge < -0.3 is 10.1 Å². The lowest BCUT2D eigenvalue weighted by molar-refractivity contribution is 0.119. The van der Waals surface area contributed by atoms with Gasteiger partial charge in [0, 0.05) is 31.8 Å². The van der Waals surface area contributed by atoms with Gasteiger partial charge in [0.25, 0.3) is 0 Å². The minimum Gasteiger partial charge on any atom is -0.380 e. The van der Waals surface area contributed by atoms with Crippen LogP contribution in [0, 0.1) is 0 Å². The molecule has 0 bridgehead atoms. The Morgan fingerprint density at radius 2 is 1.95 bits per heavy atom. The zero-order valence-electron chi connectivity index (χ0n) is 12.8. The molecule has 2 unspecified atom stereocenters. The Balaban J connectivity index is 2.15. The van der Waals surface area contributed by atoms with E-state index in [0.717, 1.165) is 45.7 Å². The molecule has 0 spiro atoms. The maximum atomic E-state index is 5.60. The first-order valence-electron chi connectivity index (χ1n) is 7.97. The van der Waals surface area contributed by atoms with Crippen molar-refractivity contribution in [3.8, 4) is 0 Å². The molecule has 0 aromatic heterocycles. The number of hydrogen-bond acceptors (Lipinski definition) is 3. The summed E-state index contributed by atoms with van der Waals surface area (Å²) >= 11 is 0. The van der Waals surface area contributed by atoms with Crippen molar-refractivity contribution in [1.82, 2.24) is 10.2 Å². The Morgan fingerprint density at radius 3 is 2.65 bits per heavy atom. The van der Waals surface area contributed by atoms with Crippen LogP contribution in [0.1, 0.15) is 38.3 Å². The van der Waals surface area contributed by atoms with E-state index in [4.69, 9.17) is 4.74 Å². The normalized spacial score (nSPS) is 20.3. The fourth-order valence-corrected chi connectivity index (χ4v) is 3.16. The lowest BCUT2D eigenvalue weighted by atomic mass is 9.95. The molecule has 1 N–H and O–H groups in total. The molecule has 2 rings (SSSR count). The van der Waals surface area contributed by atoms with E-state index in [1.54, 1.807) is 0 Å². The van der Waals surface area contributed by atoms with Crippen molar-refractivity contribution < 1.29 is 4.74 Å². The first kappa shape index (κ1) is 15.5. The third-order valence-electron chi connectivity index (χ3n) is 4.11. The zero-order valence-corrected chi connectivity index (χ0v) is 12.8. The molecule has 1 aliphatic heterocycles. The summed E-state index contributed by atoms with van der Waals surface area (Å²) < 4.78 is 5.60. The predicted molar refractivity (Wildman–Crippen MR) is 83.9 cm³/mol. The molecule has 0 saturated carbocycles. The number of nitrogens with zero attached hydrogens (tertiary/aromatic N) is 1. The van der Waals surface area contributed by atoms with Crippen molar-refractivity contribution in [1.29, 1.82) is 0 Å². The van der Waals surface area contributed by atoms with Crippen LogP contribution in [-0.4, -0.2) is 43.8 Å². The predicted octanol–water partition coefficient (Wildman–Crippen LogP) is 2.84. The highest BCUT2D eigenvalue weighted by atomic mass is 16.5. The molecule has 1 saturated heterocycles. The molecule has 112 valence electrons. The van der Waals surface area contributed by atoms with Crippen LogP contribution in [0.15, 0.2) is 30.3 Å². The summed E-state index contributed by atoms with van der Waals surface area (Å²) in [6.45, 7) is 9.45. The summed E-state index contributed by atoms with van der Waals surface area (Å²) in [6.07, 6.45) is 2.30. The standard InChI is InChI=1S/C17H28N2O/c1-3-16(19-11-8-13-20-14-12-19)17(18-4-2)15-9-6-5-7-10-15/h5-7,9-10,16-18H,3-4,8,11-14H2,1-2H3. The van der Waals surface area contributed by atoms with Gasteiger partial charge in [0.05, 0.1) is 6.61 Å². The molecule has 1 fully saturated rings. The van der Waals surface area contributed by atoms with Crippen LogP contribution in [0.5, 0.6) is 0 Å². The Hall–Kier alpha value is -0.900. The SMILES string of the molecule is CCNC(c1ccccc1)C(CC)N1CCCOCC1. The summed E-state index contributed by atoms with van der Waals surface area (Å²) in [5, 5.41) is 3.69. The van der Waals surface area contributed by atoms with Gasteiger partial charge in [-0.1, -0.05) is 44.2 Å². The lowest BCUT2D eigenvalue weighted by Crippen LogP contribution is -2.45. The second kappa shape index (κ2) is 8.40. The van der Waals surface area contributed by atoms with Crippen LogP contribution < -0.4 is 5.32 Å². The average molecular weight is 276 g/mol.